The lowest BCUT2D eigenvalue weighted by atomic mass is 10.1. The lowest BCUT2D eigenvalue weighted by Gasteiger charge is -2.09. The average Bonchev–Trinajstić information content (AvgIpc) is 2.25. The van der Waals surface area contributed by atoms with Crippen LogP contribution in [0.15, 0.2) is 12.1 Å². The topological polar surface area (TPSA) is 9.23 Å². The average molecular weight is 237 g/mol. The standard InChI is InChI=1S/C14H17ClO/c1-4-5-6-7-8-16-13-9-11(2)14(15)12(3)10-13/h1,9-10H,5-8H2,2-3H3. The number of ether oxygens (including phenoxy) is 1. The number of benzene rings is 1. The number of halogens is 1. The van der Waals surface area contributed by atoms with E-state index >= 15 is 0 Å². The Hall–Kier alpha value is -1.13. The van der Waals surface area contributed by atoms with Crippen LogP contribution < -0.4 is 4.74 Å². The molecule has 0 saturated heterocycles. The Labute approximate surface area is 103 Å². The van der Waals surface area contributed by atoms with Gasteiger partial charge in [-0.05, 0) is 49.9 Å². The zero-order chi connectivity index (χ0) is 12.0. The Bertz CT molecular complexity index is 367. The Morgan fingerprint density at radius 1 is 1.25 bits per heavy atom. The highest BCUT2D eigenvalue weighted by atomic mass is 35.5. The van der Waals surface area contributed by atoms with Gasteiger partial charge in [-0.2, -0.15) is 0 Å². The zero-order valence-corrected chi connectivity index (χ0v) is 10.6. The molecule has 0 atom stereocenters. The lowest BCUT2D eigenvalue weighted by molar-refractivity contribution is 0.307. The summed E-state index contributed by atoms with van der Waals surface area (Å²) in [7, 11) is 0. The molecule has 0 fully saturated rings. The van der Waals surface area contributed by atoms with E-state index in [1.807, 2.05) is 26.0 Å². The Morgan fingerprint density at radius 3 is 2.44 bits per heavy atom. The van der Waals surface area contributed by atoms with Gasteiger partial charge in [0.2, 0.25) is 0 Å². The van der Waals surface area contributed by atoms with Crippen LogP contribution in [0.25, 0.3) is 0 Å². The van der Waals surface area contributed by atoms with E-state index in [9.17, 15) is 0 Å². The molecule has 1 nitrogen and oxygen atoms in total. The first-order chi connectivity index (χ1) is 7.65. The fraction of sp³-hybridized carbons (Fsp3) is 0.429. The van der Waals surface area contributed by atoms with E-state index in [0.29, 0.717) is 6.61 Å². The second-order valence-electron chi connectivity index (χ2n) is 3.88. The molecular formula is C14H17ClO. The molecule has 0 unspecified atom stereocenters. The van der Waals surface area contributed by atoms with Crippen LogP contribution in [-0.2, 0) is 0 Å². The van der Waals surface area contributed by atoms with Gasteiger partial charge in [0.1, 0.15) is 5.75 Å². The first kappa shape index (κ1) is 12.9. The van der Waals surface area contributed by atoms with Gasteiger partial charge >= 0.3 is 0 Å². The maximum absolute atomic E-state index is 6.07. The molecule has 0 saturated carbocycles. The predicted octanol–water partition coefficient (Wildman–Crippen LogP) is 4.14. The van der Waals surface area contributed by atoms with Crippen LogP contribution >= 0.6 is 11.6 Å². The van der Waals surface area contributed by atoms with Crippen LogP contribution in [-0.4, -0.2) is 6.61 Å². The third-order valence-corrected chi connectivity index (χ3v) is 2.99. The quantitative estimate of drug-likeness (QED) is 0.552. The van der Waals surface area contributed by atoms with Gasteiger partial charge in [0.15, 0.2) is 0 Å². The van der Waals surface area contributed by atoms with Gasteiger partial charge in [0.25, 0.3) is 0 Å². The van der Waals surface area contributed by atoms with Gasteiger partial charge < -0.3 is 4.74 Å². The van der Waals surface area contributed by atoms with Crippen molar-refractivity contribution >= 4 is 11.6 Å². The van der Waals surface area contributed by atoms with Gasteiger partial charge in [0, 0.05) is 11.4 Å². The molecule has 1 rings (SSSR count). The summed E-state index contributed by atoms with van der Waals surface area (Å²) in [4.78, 5) is 0. The molecule has 0 aromatic heterocycles. The van der Waals surface area contributed by atoms with Gasteiger partial charge in [-0.25, -0.2) is 0 Å². The van der Waals surface area contributed by atoms with Crippen molar-refractivity contribution in [1.29, 1.82) is 0 Å². The van der Waals surface area contributed by atoms with Gasteiger partial charge in [-0.15, -0.1) is 12.3 Å². The van der Waals surface area contributed by atoms with Gasteiger partial charge in [-0.3, -0.25) is 0 Å². The molecule has 1 aromatic rings. The summed E-state index contributed by atoms with van der Waals surface area (Å²) in [5.74, 6) is 3.51. The molecule has 2 heteroatoms. The monoisotopic (exact) mass is 236 g/mol. The summed E-state index contributed by atoms with van der Waals surface area (Å²) in [6.45, 7) is 4.68. The lowest BCUT2D eigenvalue weighted by Crippen LogP contribution is -1.98. The summed E-state index contributed by atoms with van der Waals surface area (Å²) in [5, 5.41) is 0.819. The van der Waals surface area contributed by atoms with Crippen LogP contribution in [0.5, 0.6) is 5.75 Å². The molecule has 0 aliphatic rings. The van der Waals surface area contributed by atoms with Crippen molar-refractivity contribution in [2.24, 2.45) is 0 Å². The summed E-state index contributed by atoms with van der Waals surface area (Å²) >= 11 is 6.07. The van der Waals surface area contributed by atoms with E-state index in [-0.39, 0.29) is 0 Å². The Morgan fingerprint density at radius 2 is 1.88 bits per heavy atom. The molecule has 1 aromatic carbocycles. The molecule has 0 heterocycles. The number of terminal acetylenes is 1. The number of unbranched alkanes of at least 4 members (excludes halogenated alkanes) is 2. The minimum atomic E-state index is 0.711. The Balaban J connectivity index is 2.46. The van der Waals surface area contributed by atoms with E-state index in [1.54, 1.807) is 0 Å². The van der Waals surface area contributed by atoms with E-state index in [1.165, 1.54) is 0 Å². The smallest absolute Gasteiger partial charge is 0.119 e. The van der Waals surface area contributed by atoms with Crippen LogP contribution in [0.3, 0.4) is 0 Å². The number of rotatable bonds is 5. The van der Waals surface area contributed by atoms with Crippen molar-refractivity contribution in [3.8, 4) is 18.1 Å². The number of aryl methyl sites for hydroxylation is 2. The molecule has 0 bridgehead atoms. The highest BCUT2D eigenvalue weighted by Gasteiger charge is 2.03. The van der Waals surface area contributed by atoms with Crippen molar-refractivity contribution in [2.45, 2.75) is 33.1 Å². The Kier molecular flexibility index (Phi) is 5.22. The normalized spacial score (nSPS) is 9.88. The van der Waals surface area contributed by atoms with Crippen LogP contribution in [0.4, 0.5) is 0 Å². The first-order valence-electron chi connectivity index (χ1n) is 5.48. The maximum atomic E-state index is 6.07. The summed E-state index contributed by atoms with van der Waals surface area (Å²) in [5.41, 5.74) is 2.11. The zero-order valence-electron chi connectivity index (χ0n) is 9.85. The molecular weight excluding hydrogens is 220 g/mol. The minimum Gasteiger partial charge on any atom is -0.494 e. The van der Waals surface area contributed by atoms with Gasteiger partial charge in [-0.1, -0.05) is 11.6 Å². The second-order valence-corrected chi connectivity index (χ2v) is 4.26. The SMILES string of the molecule is C#CCCCCOc1cc(C)c(Cl)c(C)c1. The van der Waals surface area contributed by atoms with E-state index in [4.69, 9.17) is 22.8 Å². The van der Waals surface area contributed by atoms with Crippen molar-refractivity contribution in [1.82, 2.24) is 0 Å². The molecule has 0 aliphatic heterocycles. The molecule has 0 radical (unpaired) electrons. The van der Waals surface area contributed by atoms with Crippen molar-refractivity contribution in [3.05, 3.63) is 28.3 Å². The maximum Gasteiger partial charge on any atom is 0.119 e. The summed E-state index contributed by atoms with van der Waals surface area (Å²) < 4.78 is 5.64. The van der Waals surface area contributed by atoms with E-state index in [2.05, 4.69) is 5.92 Å². The number of hydrogen-bond acceptors (Lipinski definition) is 1. The van der Waals surface area contributed by atoms with Gasteiger partial charge in [0.05, 0.1) is 6.61 Å². The first-order valence-corrected chi connectivity index (χ1v) is 5.86. The molecule has 0 N–H and O–H groups in total. The second kappa shape index (κ2) is 6.45. The summed E-state index contributed by atoms with van der Waals surface area (Å²) in [6, 6.07) is 3.94. The van der Waals surface area contributed by atoms with Crippen molar-refractivity contribution < 1.29 is 4.74 Å². The van der Waals surface area contributed by atoms with Crippen molar-refractivity contribution in [2.75, 3.05) is 6.61 Å². The van der Waals surface area contributed by atoms with Crippen LogP contribution in [0.2, 0.25) is 5.02 Å². The van der Waals surface area contributed by atoms with Crippen LogP contribution in [0.1, 0.15) is 30.4 Å². The molecule has 0 aliphatic carbocycles. The number of hydrogen-bond donors (Lipinski definition) is 0. The molecule has 16 heavy (non-hydrogen) atoms. The third-order valence-electron chi connectivity index (χ3n) is 2.39. The fourth-order valence-corrected chi connectivity index (χ4v) is 1.62. The highest BCUT2D eigenvalue weighted by molar-refractivity contribution is 6.32. The molecule has 0 spiro atoms. The minimum absolute atomic E-state index is 0.711. The molecule has 0 amide bonds. The highest BCUT2D eigenvalue weighted by Crippen LogP contribution is 2.25. The fourth-order valence-electron chi connectivity index (χ4n) is 1.51. The van der Waals surface area contributed by atoms with Crippen molar-refractivity contribution in [3.63, 3.8) is 0 Å². The van der Waals surface area contributed by atoms with E-state index < -0.39 is 0 Å². The summed E-state index contributed by atoms with van der Waals surface area (Å²) in [6.07, 6.45) is 8.00. The van der Waals surface area contributed by atoms with E-state index in [0.717, 1.165) is 41.2 Å². The molecule has 86 valence electrons. The predicted molar refractivity (Wildman–Crippen MR) is 69.1 cm³/mol. The third kappa shape index (κ3) is 3.79. The van der Waals surface area contributed by atoms with Crippen LogP contribution in [0, 0.1) is 26.2 Å². The largest absolute Gasteiger partial charge is 0.494 e.